The quantitative estimate of drug-likeness (QED) is 0.833. The van der Waals surface area contributed by atoms with Gasteiger partial charge in [0, 0.05) is 18.8 Å². The largest absolute Gasteiger partial charge is 0.417 e. The Balaban J connectivity index is 2.77. The molecule has 0 aromatic carbocycles. The lowest BCUT2D eigenvalue weighted by Crippen LogP contribution is -2.46. The summed E-state index contributed by atoms with van der Waals surface area (Å²) in [5.41, 5.74) is -2.85. The maximum absolute atomic E-state index is 12.6. The summed E-state index contributed by atoms with van der Waals surface area (Å²) >= 11 is 0. The summed E-state index contributed by atoms with van der Waals surface area (Å²) in [7, 11) is 0. The molecule has 2 atom stereocenters. The van der Waals surface area contributed by atoms with Gasteiger partial charge in [-0.05, 0) is 18.9 Å². The molecule has 1 heterocycles. The van der Waals surface area contributed by atoms with E-state index in [1.165, 1.54) is 0 Å². The lowest BCUT2D eigenvalue weighted by molar-refractivity contribution is -0.138. The van der Waals surface area contributed by atoms with Crippen molar-refractivity contribution in [2.45, 2.75) is 45.5 Å². The number of carbonyl (C=O) groups excluding carboxylic acids is 1. The maximum atomic E-state index is 12.6. The minimum Gasteiger partial charge on any atom is -0.388 e. The van der Waals surface area contributed by atoms with Crippen molar-refractivity contribution in [3.05, 3.63) is 34.2 Å². The summed E-state index contributed by atoms with van der Waals surface area (Å²) < 4.78 is 38.6. The number of carbonyl (C=O) groups is 1. The number of rotatable bonds is 6. The number of nitrogens with zero attached hydrogens (tertiary/aromatic N) is 1. The third kappa shape index (κ3) is 5.38. The maximum Gasteiger partial charge on any atom is 0.417 e. The molecule has 0 spiro atoms. The van der Waals surface area contributed by atoms with E-state index in [1.54, 1.807) is 6.92 Å². The van der Waals surface area contributed by atoms with Crippen molar-refractivity contribution in [1.29, 1.82) is 0 Å². The summed E-state index contributed by atoms with van der Waals surface area (Å²) in [6.07, 6.45) is -3.28. The lowest BCUT2D eigenvalue weighted by Gasteiger charge is -2.29. The molecular formula is C15H21F3N2O3. The summed E-state index contributed by atoms with van der Waals surface area (Å²) in [5.74, 6) is -0.714. The molecule has 1 aromatic rings. The smallest absolute Gasteiger partial charge is 0.388 e. The highest BCUT2D eigenvalue weighted by molar-refractivity contribution is 5.75. The van der Waals surface area contributed by atoms with Gasteiger partial charge in [-0.1, -0.05) is 20.3 Å². The van der Waals surface area contributed by atoms with E-state index in [0.29, 0.717) is 23.3 Å². The molecule has 0 aliphatic rings. The van der Waals surface area contributed by atoms with Crippen LogP contribution in [-0.2, 0) is 17.5 Å². The van der Waals surface area contributed by atoms with Gasteiger partial charge in [0.25, 0.3) is 5.56 Å². The number of alkyl halides is 3. The monoisotopic (exact) mass is 334 g/mol. The Morgan fingerprint density at radius 1 is 1.39 bits per heavy atom. The van der Waals surface area contributed by atoms with E-state index in [-0.39, 0.29) is 12.5 Å². The molecule has 2 unspecified atom stereocenters. The van der Waals surface area contributed by atoms with Gasteiger partial charge in [-0.2, -0.15) is 13.2 Å². The van der Waals surface area contributed by atoms with Crippen LogP contribution in [0.5, 0.6) is 0 Å². The molecule has 2 N–H and O–H groups in total. The Kier molecular flexibility index (Phi) is 5.98. The molecule has 0 saturated carbocycles. The van der Waals surface area contributed by atoms with Crippen LogP contribution >= 0.6 is 0 Å². The van der Waals surface area contributed by atoms with E-state index in [1.807, 2.05) is 13.8 Å². The second-order valence-electron chi connectivity index (χ2n) is 5.82. The van der Waals surface area contributed by atoms with Gasteiger partial charge in [0.15, 0.2) is 0 Å². The van der Waals surface area contributed by atoms with Gasteiger partial charge in [0.1, 0.15) is 6.54 Å². The summed E-state index contributed by atoms with van der Waals surface area (Å²) in [6, 6.07) is 1.44. The van der Waals surface area contributed by atoms with Crippen LogP contribution in [-0.4, -0.2) is 27.7 Å². The molecule has 8 heteroatoms. The van der Waals surface area contributed by atoms with Crippen LogP contribution in [0.4, 0.5) is 13.2 Å². The number of aliphatic hydroxyl groups is 1. The molecule has 23 heavy (non-hydrogen) atoms. The lowest BCUT2D eigenvalue weighted by atomic mass is 9.89. The molecule has 0 bridgehead atoms. The Labute approximate surface area is 132 Å². The Morgan fingerprint density at radius 2 is 2.00 bits per heavy atom. The van der Waals surface area contributed by atoms with Gasteiger partial charge in [-0.25, -0.2) is 0 Å². The first-order valence-electron chi connectivity index (χ1n) is 7.24. The van der Waals surface area contributed by atoms with Crippen molar-refractivity contribution in [2.24, 2.45) is 5.92 Å². The Hall–Kier alpha value is -1.83. The van der Waals surface area contributed by atoms with E-state index in [2.05, 4.69) is 5.32 Å². The number of halogens is 3. The standard InChI is InChI=1S/C15H21F3N2O3/c1-4-10(2)14(3,23)9-19-12(21)8-20-7-11(15(16,17)18)5-6-13(20)22/h5-7,10,23H,4,8-9H2,1-3H3,(H,19,21). The second-order valence-corrected chi connectivity index (χ2v) is 5.82. The van der Waals surface area contributed by atoms with Crippen molar-refractivity contribution in [3.8, 4) is 0 Å². The van der Waals surface area contributed by atoms with Gasteiger partial charge >= 0.3 is 6.18 Å². The number of aromatic nitrogens is 1. The van der Waals surface area contributed by atoms with Crippen LogP contribution in [0.1, 0.15) is 32.8 Å². The van der Waals surface area contributed by atoms with Crippen LogP contribution < -0.4 is 10.9 Å². The fourth-order valence-corrected chi connectivity index (χ4v) is 1.92. The van der Waals surface area contributed by atoms with E-state index in [4.69, 9.17) is 0 Å². The Morgan fingerprint density at radius 3 is 2.52 bits per heavy atom. The minimum atomic E-state index is -4.59. The third-order valence-electron chi connectivity index (χ3n) is 3.94. The average Bonchev–Trinajstić information content (AvgIpc) is 2.45. The molecule has 0 aliphatic heterocycles. The normalized spacial score (nSPS) is 15.8. The average molecular weight is 334 g/mol. The predicted octanol–water partition coefficient (Wildman–Crippen LogP) is 1.78. The summed E-state index contributed by atoms with van der Waals surface area (Å²) in [4.78, 5) is 23.4. The molecule has 1 rings (SSSR count). The highest BCUT2D eigenvalue weighted by atomic mass is 19.4. The first-order chi connectivity index (χ1) is 10.5. The van der Waals surface area contributed by atoms with Gasteiger partial charge in [0.2, 0.25) is 5.91 Å². The fraction of sp³-hybridized carbons (Fsp3) is 0.600. The molecule has 0 radical (unpaired) electrons. The van der Waals surface area contributed by atoms with Crippen molar-refractivity contribution < 1.29 is 23.1 Å². The van der Waals surface area contributed by atoms with Crippen molar-refractivity contribution in [3.63, 3.8) is 0 Å². The molecule has 1 aromatic heterocycles. The van der Waals surface area contributed by atoms with Gasteiger partial charge < -0.3 is 15.0 Å². The first kappa shape index (κ1) is 19.2. The van der Waals surface area contributed by atoms with E-state index in [9.17, 15) is 27.9 Å². The van der Waals surface area contributed by atoms with Crippen LogP contribution in [0.2, 0.25) is 0 Å². The van der Waals surface area contributed by atoms with Crippen LogP contribution in [0.25, 0.3) is 0 Å². The summed E-state index contributed by atoms with van der Waals surface area (Å²) in [5, 5.41) is 12.6. The molecule has 5 nitrogen and oxygen atoms in total. The van der Waals surface area contributed by atoms with E-state index < -0.39 is 35.4 Å². The number of nitrogens with one attached hydrogen (secondary N) is 1. The van der Waals surface area contributed by atoms with Crippen molar-refractivity contribution >= 4 is 5.91 Å². The zero-order valence-electron chi connectivity index (χ0n) is 13.3. The molecule has 1 amide bonds. The zero-order valence-corrected chi connectivity index (χ0v) is 13.3. The SMILES string of the molecule is CCC(C)C(C)(O)CNC(=O)Cn1cc(C(F)(F)F)ccc1=O. The van der Waals surface area contributed by atoms with Gasteiger partial charge in [0.05, 0.1) is 11.2 Å². The zero-order chi connectivity index (χ0) is 17.8. The second kappa shape index (κ2) is 7.16. The molecule has 0 saturated heterocycles. The number of amides is 1. The molecular weight excluding hydrogens is 313 g/mol. The Bertz CT molecular complexity index is 609. The minimum absolute atomic E-state index is 0.0471. The topological polar surface area (TPSA) is 71.3 Å². The van der Waals surface area contributed by atoms with Crippen LogP contribution in [0, 0.1) is 5.92 Å². The van der Waals surface area contributed by atoms with E-state index >= 15 is 0 Å². The number of hydrogen-bond donors (Lipinski definition) is 2. The molecule has 0 aliphatic carbocycles. The fourth-order valence-electron chi connectivity index (χ4n) is 1.92. The molecule has 130 valence electrons. The highest BCUT2D eigenvalue weighted by Gasteiger charge is 2.31. The van der Waals surface area contributed by atoms with Crippen molar-refractivity contribution in [2.75, 3.05) is 6.54 Å². The van der Waals surface area contributed by atoms with Crippen LogP contribution in [0.15, 0.2) is 23.1 Å². The van der Waals surface area contributed by atoms with E-state index in [0.717, 1.165) is 6.07 Å². The molecule has 0 fully saturated rings. The first-order valence-corrected chi connectivity index (χ1v) is 7.24. The van der Waals surface area contributed by atoms with Gasteiger partial charge in [-0.15, -0.1) is 0 Å². The third-order valence-corrected chi connectivity index (χ3v) is 3.94. The highest BCUT2D eigenvalue weighted by Crippen LogP contribution is 2.28. The van der Waals surface area contributed by atoms with Crippen molar-refractivity contribution in [1.82, 2.24) is 9.88 Å². The number of pyridine rings is 1. The summed E-state index contributed by atoms with van der Waals surface area (Å²) in [6.45, 7) is 4.69. The van der Waals surface area contributed by atoms with Crippen LogP contribution in [0.3, 0.4) is 0 Å². The van der Waals surface area contributed by atoms with Gasteiger partial charge in [-0.3, -0.25) is 9.59 Å². The predicted molar refractivity (Wildman–Crippen MR) is 78.8 cm³/mol. The number of hydrogen-bond acceptors (Lipinski definition) is 3.